The summed E-state index contributed by atoms with van der Waals surface area (Å²) >= 11 is 1.14. The number of hydrogen-bond donors (Lipinski definition) is 0. The second kappa shape index (κ2) is 6.91. The lowest BCUT2D eigenvalue weighted by atomic mass is 10.1. The van der Waals surface area contributed by atoms with E-state index in [-0.39, 0.29) is 41.2 Å². The van der Waals surface area contributed by atoms with Gasteiger partial charge in [-0.25, -0.2) is 9.18 Å². The lowest BCUT2D eigenvalue weighted by molar-refractivity contribution is -0.117. The van der Waals surface area contributed by atoms with Crippen molar-refractivity contribution in [2.24, 2.45) is 5.92 Å². The van der Waals surface area contributed by atoms with Crippen LogP contribution in [0.3, 0.4) is 0 Å². The van der Waals surface area contributed by atoms with Gasteiger partial charge in [0.2, 0.25) is 5.91 Å². The molecule has 118 valence electrons. The molecule has 1 saturated heterocycles. The van der Waals surface area contributed by atoms with Crippen LogP contribution in [0.1, 0.15) is 23.7 Å². The van der Waals surface area contributed by atoms with Crippen molar-refractivity contribution in [3.8, 4) is 0 Å². The molecule has 0 N–H and O–H groups in total. The number of ether oxygens (including phenoxy) is 1. The molecule has 1 aliphatic heterocycles. The van der Waals surface area contributed by atoms with Gasteiger partial charge in [-0.1, -0.05) is 17.8 Å². The van der Waals surface area contributed by atoms with E-state index in [0.29, 0.717) is 5.75 Å². The monoisotopic (exact) mass is 325 g/mol. The van der Waals surface area contributed by atoms with Crippen molar-refractivity contribution in [1.29, 1.82) is 0 Å². The molecule has 1 atom stereocenters. The van der Waals surface area contributed by atoms with Crippen molar-refractivity contribution >= 4 is 34.4 Å². The molecule has 1 aromatic carbocycles. The third-order valence-corrected chi connectivity index (χ3v) is 4.43. The van der Waals surface area contributed by atoms with E-state index in [1.54, 1.807) is 0 Å². The molecule has 0 aliphatic carbocycles. The first-order valence-corrected chi connectivity index (χ1v) is 7.73. The van der Waals surface area contributed by atoms with Gasteiger partial charge < -0.3 is 9.64 Å². The van der Waals surface area contributed by atoms with Crippen LogP contribution in [0.15, 0.2) is 18.2 Å². The maximum Gasteiger partial charge on any atom is 0.340 e. The number of carbonyl (C=O) groups is 3. The normalized spacial score (nSPS) is 17.7. The Morgan fingerprint density at radius 3 is 2.82 bits per heavy atom. The number of rotatable bonds is 4. The van der Waals surface area contributed by atoms with E-state index in [2.05, 4.69) is 4.74 Å². The number of anilines is 1. The van der Waals surface area contributed by atoms with E-state index >= 15 is 0 Å². The molecule has 0 saturated carbocycles. The van der Waals surface area contributed by atoms with Crippen LogP contribution in [0.2, 0.25) is 0 Å². The zero-order valence-electron chi connectivity index (χ0n) is 12.3. The van der Waals surface area contributed by atoms with E-state index in [1.807, 2.05) is 0 Å². The second-order valence-corrected chi connectivity index (χ2v) is 6.20. The molecule has 0 spiro atoms. The summed E-state index contributed by atoms with van der Waals surface area (Å²) < 4.78 is 18.8. The van der Waals surface area contributed by atoms with Gasteiger partial charge in [-0.2, -0.15) is 0 Å². The number of thioether (sulfide) groups is 1. The number of nitrogens with zero attached hydrogens (tertiary/aromatic N) is 1. The van der Waals surface area contributed by atoms with Crippen LogP contribution < -0.4 is 4.90 Å². The fraction of sp³-hybridized carbons (Fsp3) is 0.400. The van der Waals surface area contributed by atoms with Gasteiger partial charge in [-0.3, -0.25) is 9.59 Å². The number of esters is 1. The molecular formula is C15H16FNO4S. The third-order valence-electron chi connectivity index (χ3n) is 3.39. The Balaban J connectivity index is 2.26. The highest BCUT2D eigenvalue weighted by Gasteiger charge is 2.34. The molecule has 7 heteroatoms. The van der Waals surface area contributed by atoms with Crippen molar-refractivity contribution < 1.29 is 23.5 Å². The molecular weight excluding hydrogens is 309 g/mol. The molecule has 2 rings (SSSR count). The van der Waals surface area contributed by atoms with E-state index in [4.69, 9.17) is 0 Å². The average Bonchev–Trinajstić information content (AvgIpc) is 2.84. The smallest absolute Gasteiger partial charge is 0.340 e. The predicted octanol–water partition coefficient (Wildman–Crippen LogP) is 2.24. The summed E-state index contributed by atoms with van der Waals surface area (Å²) in [6.45, 7) is 1.75. The maximum atomic E-state index is 14.2. The van der Waals surface area contributed by atoms with Crippen LogP contribution in [0.4, 0.5) is 10.1 Å². The third kappa shape index (κ3) is 3.47. The fourth-order valence-corrected chi connectivity index (χ4v) is 3.10. The molecule has 1 fully saturated rings. The minimum Gasteiger partial charge on any atom is -0.465 e. The number of benzene rings is 1. The van der Waals surface area contributed by atoms with E-state index in [0.717, 1.165) is 11.8 Å². The van der Waals surface area contributed by atoms with E-state index < -0.39 is 11.8 Å². The summed E-state index contributed by atoms with van der Waals surface area (Å²) in [7, 11) is 1.20. The Morgan fingerprint density at radius 1 is 1.45 bits per heavy atom. The molecule has 0 radical (unpaired) electrons. The summed E-state index contributed by atoms with van der Waals surface area (Å²) in [6.07, 6.45) is 0.231. The molecule has 0 bridgehead atoms. The van der Waals surface area contributed by atoms with Gasteiger partial charge in [0.05, 0.1) is 18.4 Å². The lowest BCUT2D eigenvalue weighted by Gasteiger charge is -2.20. The molecule has 1 amide bonds. The van der Waals surface area contributed by atoms with Gasteiger partial charge in [0.1, 0.15) is 5.82 Å². The highest BCUT2D eigenvalue weighted by Crippen LogP contribution is 2.32. The van der Waals surface area contributed by atoms with Crippen LogP contribution in [0.25, 0.3) is 0 Å². The quantitative estimate of drug-likeness (QED) is 0.795. The van der Waals surface area contributed by atoms with Crippen molar-refractivity contribution in [2.75, 3.05) is 24.3 Å². The minimum absolute atomic E-state index is 0.0213. The number of carbonyl (C=O) groups excluding carboxylic acids is 3. The largest absolute Gasteiger partial charge is 0.465 e. The van der Waals surface area contributed by atoms with Crippen LogP contribution in [0, 0.1) is 11.7 Å². The first-order valence-electron chi connectivity index (χ1n) is 6.74. The standard InChI is InChI=1S/C15H16FNO4S/c1-9(18)22-8-10-6-13(19)17(7-10)14-11(15(20)21-2)4-3-5-12(14)16/h3-5,10H,6-8H2,1-2H3. The molecule has 5 nitrogen and oxygen atoms in total. The second-order valence-electron chi connectivity index (χ2n) is 5.00. The Hall–Kier alpha value is -1.89. The number of amides is 1. The lowest BCUT2D eigenvalue weighted by Crippen LogP contribution is -2.28. The SMILES string of the molecule is COC(=O)c1cccc(F)c1N1CC(CSC(C)=O)CC1=O. The Kier molecular flexibility index (Phi) is 5.18. The number of halogens is 1. The number of hydrogen-bond acceptors (Lipinski definition) is 5. The van der Waals surface area contributed by atoms with Gasteiger partial charge in [0, 0.05) is 25.6 Å². The van der Waals surface area contributed by atoms with E-state index in [9.17, 15) is 18.8 Å². The highest BCUT2D eigenvalue weighted by atomic mass is 32.2. The highest BCUT2D eigenvalue weighted by molar-refractivity contribution is 8.13. The summed E-state index contributed by atoms with van der Waals surface area (Å²) in [6, 6.07) is 4.02. The Bertz CT molecular complexity index is 620. The van der Waals surface area contributed by atoms with Gasteiger partial charge in [-0.15, -0.1) is 0 Å². The first-order chi connectivity index (χ1) is 10.4. The molecule has 0 aromatic heterocycles. The summed E-state index contributed by atoms with van der Waals surface area (Å²) in [5.41, 5.74) is -0.0228. The van der Waals surface area contributed by atoms with Crippen molar-refractivity contribution in [1.82, 2.24) is 0 Å². The zero-order chi connectivity index (χ0) is 16.3. The van der Waals surface area contributed by atoms with Gasteiger partial charge in [0.25, 0.3) is 0 Å². The molecule has 22 heavy (non-hydrogen) atoms. The predicted molar refractivity (Wildman–Crippen MR) is 81.3 cm³/mol. The first kappa shape index (κ1) is 16.5. The molecule has 1 aromatic rings. The molecule has 1 aliphatic rings. The van der Waals surface area contributed by atoms with Gasteiger partial charge in [-0.05, 0) is 18.1 Å². The minimum atomic E-state index is -0.691. The summed E-state index contributed by atoms with van der Waals surface area (Å²) in [5, 5.41) is -0.0213. The van der Waals surface area contributed by atoms with Crippen molar-refractivity contribution in [3.63, 3.8) is 0 Å². The average molecular weight is 325 g/mol. The Morgan fingerprint density at radius 2 is 2.18 bits per heavy atom. The van der Waals surface area contributed by atoms with Crippen LogP contribution in [-0.2, 0) is 14.3 Å². The van der Waals surface area contributed by atoms with Crippen molar-refractivity contribution in [3.05, 3.63) is 29.6 Å². The van der Waals surface area contributed by atoms with Crippen LogP contribution in [0.5, 0.6) is 0 Å². The Labute approximate surface area is 131 Å². The van der Waals surface area contributed by atoms with Crippen molar-refractivity contribution in [2.45, 2.75) is 13.3 Å². The van der Waals surface area contributed by atoms with Crippen LogP contribution in [-0.4, -0.2) is 36.4 Å². The summed E-state index contributed by atoms with van der Waals surface area (Å²) in [4.78, 5) is 36.2. The topological polar surface area (TPSA) is 63.7 Å². The van der Waals surface area contributed by atoms with Gasteiger partial charge in [0.15, 0.2) is 5.12 Å². The molecule has 1 heterocycles. The summed E-state index contributed by atoms with van der Waals surface area (Å²) in [5.74, 6) is -1.14. The molecule has 1 unspecified atom stereocenters. The van der Waals surface area contributed by atoms with Crippen LogP contribution >= 0.6 is 11.8 Å². The van der Waals surface area contributed by atoms with E-state index in [1.165, 1.54) is 37.1 Å². The number of para-hydroxylation sites is 1. The fourth-order valence-electron chi connectivity index (χ4n) is 2.41. The van der Waals surface area contributed by atoms with Gasteiger partial charge >= 0.3 is 5.97 Å². The number of methoxy groups -OCH3 is 1. The maximum absolute atomic E-state index is 14.2. The zero-order valence-corrected chi connectivity index (χ0v) is 13.1.